The highest BCUT2D eigenvalue weighted by molar-refractivity contribution is 7.89. The third-order valence-electron chi connectivity index (χ3n) is 6.51. The monoisotopic (exact) mass is 484 g/mol. The Kier molecular flexibility index (Phi) is 5.88. The molecule has 2 aromatic carbocycles. The molecule has 1 atom stereocenters. The fraction of sp³-hybridized carbons (Fsp3) is 0.417. The average molecular weight is 485 g/mol. The number of thiazole rings is 1. The number of nitrogens with zero attached hydrogens (tertiary/aromatic N) is 4. The number of anilines is 1. The molecule has 1 unspecified atom stereocenters. The first-order valence-corrected chi connectivity index (χ1v) is 13.6. The van der Waals surface area contributed by atoms with Gasteiger partial charge in [0.2, 0.25) is 15.9 Å². The number of rotatable bonds is 4. The number of amides is 1. The first-order valence-electron chi connectivity index (χ1n) is 11.3. The van der Waals surface area contributed by atoms with Gasteiger partial charge in [0.05, 0.1) is 15.1 Å². The van der Waals surface area contributed by atoms with Crippen LogP contribution >= 0.6 is 11.3 Å². The molecule has 9 heteroatoms. The van der Waals surface area contributed by atoms with Crippen LogP contribution in [0.2, 0.25) is 0 Å². The van der Waals surface area contributed by atoms with Gasteiger partial charge in [-0.15, -0.1) is 0 Å². The van der Waals surface area contributed by atoms with E-state index in [4.69, 9.17) is 4.98 Å². The van der Waals surface area contributed by atoms with Crippen LogP contribution in [0.4, 0.5) is 5.13 Å². The summed E-state index contributed by atoms with van der Waals surface area (Å²) < 4.78 is 29.0. The minimum atomic E-state index is -3.69. The summed E-state index contributed by atoms with van der Waals surface area (Å²) in [6, 6.07) is 12.5. The minimum absolute atomic E-state index is 0.0808. The van der Waals surface area contributed by atoms with Crippen molar-refractivity contribution in [2.75, 3.05) is 37.6 Å². The lowest BCUT2D eigenvalue weighted by Crippen LogP contribution is -2.54. The molecule has 2 aliphatic heterocycles. The van der Waals surface area contributed by atoms with Crippen molar-refractivity contribution in [2.45, 2.75) is 37.6 Å². The summed E-state index contributed by atoms with van der Waals surface area (Å²) in [6.07, 6.45) is 1.27. The molecule has 2 aliphatic rings. The highest BCUT2D eigenvalue weighted by Gasteiger charge is 2.41. The molecule has 2 saturated heterocycles. The number of hydrogen-bond donors (Lipinski definition) is 0. The van der Waals surface area contributed by atoms with E-state index in [1.54, 1.807) is 35.6 Å². The van der Waals surface area contributed by atoms with Crippen LogP contribution in [-0.2, 0) is 14.8 Å². The lowest BCUT2D eigenvalue weighted by molar-refractivity contribution is -0.134. The zero-order valence-electron chi connectivity index (χ0n) is 18.9. The van der Waals surface area contributed by atoms with Gasteiger partial charge in [0.25, 0.3) is 0 Å². The lowest BCUT2D eigenvalue weighted by Gasteiger charge is -2.37. The molecule has 0 aliphatic carbocycles. The highest BCUT2D eigenvalue weighted by atomic mass is 32.2. The molecule has 3 heterocycles. The molecule has 0 spiro atoms. The van der Waals surface area contributed by atoms with Crippen molar-refractivity contribution in [3.8, 4) is 0 Å². The van der Waals surface area contributed by atoms with E-state index in [-0.39, 0.29) is 10.8 Å². The van der Waals surface area contributed by atoms with E-state index in [2.05, 4.69) is 24.0 Å². The van der Waals surface area contributed by atoms with Crippen LogP contribution in [0.25, 0.3) is 10.2 Å². The molecule has 5 rings (SSSR count). The average Bonchev–Trinajstić information content (AvgIpc) is 3.46. The second-order valence-electron chi connectivity index (χ2n) is 8.87. The van der Waals surface area contributed by atoms with Crippen molar-refractivity contribution in [3.05, 3.63) is 53.6 Å². The Bertz CT molecular complexity index is 1280. The highest BCUT2D eigenvalue weighted by Crippen LogP contribution is 2.31. The van der Waals surface area contributed by atoms with Crippen molar-refractivity contribution in [1.82, 2.24) is 14.2 Å². The Morgan fingerprint density at radius 3 is 2.39 bits per heavy atom. The summed E-state index contributed by atoms with van der Waals surface area (Å²) in [5.74, 6) is -0.0808. The Balaban J connectivity index is 1.27. The summed E-state index contributed by atoms with van der Waals surface area (Å²) in [7, 11) is -3.69. The van der Waals surface area contributed by atoms with Crippen LogP contribution in [0.3, 0.4) is 0 Å². The third kappa shape index (κ3) is 4.25. The minimum Gasteiger partial charge on any atom is -0.345 e. The number of carbonyl (C=O) groups is 1. The summed E-state index contributed by atoms with van der Waals surface area (Å²) >= 11 is 1.68. The summed E-state index contributed by atoms with van der Waals surface area (Å²) in [5, 5.41) is 0.979. The van der Waals surface area contributed by atoms with Gasteiger partial charge >= 0.3 is 0 Å². The van der Waals surface area contributed by atoms with Gasteiger partial charge in [-0.1, -0.05) is 35.1 Å². The molecule has 3 aromatic rings. The van der Waals surface area contributed by atoms with Gasteiger partial charge < -0.3 is 9.80 Å². The fourth-order valence-corrected chi connectivity index (χ4v) is 7.37. The second kappa shape index (κ2) is 8.70. The van der Waals surface area contributed by atoms with Gasteiger partial charge in [-0.25, -0.2) is 13.4 Å². The van der Waals surface area contributed by atoms with E-state index in [9.17, 15) is 13.2 Å². The Hall–Kier alpha value is -2.49. The molecular weight excluding hydrogens is 456 g/mol. The van der Waals surface area contributed by atoms with E-state index in [0.29, 0.717) is 45.6 Å². The van der Waals surface area contributed by atoms with E-state index < -0.39 is 16.1 Å². The molecule has 0 radical (unpaired) electrons. The predicted molar refractivity (Wildman–Crippen MR) is 131 cm³/mol. The van der Waals surface area contributed by atoms with Gasteiger partial charge in [0.1, 0.15) is 6.04 Å². The maximum absolute atomic E-state index is 13.4. The molecule has 0 saturated carbocycles. The first kappa shape index (κ1) is 22.3. The molecular formula is C24H28N4O3S2. The molecule has 174 valence electrons. The number of piperazine rings is 1. The third-order valence-corrected chi connectivity index (χ3v) is 9.51. The van der Waals surface area contributed by atoms with Gasteiger partial charge in [-0.2, -0.15) is 4.31 Å². The Labute approximate surface area is 198 Å². The van der Waals surface area contributed by atoms with Crippen LogP contribution < -0.4 is 4.90 Å². The van der Waals surface area contributed by atoms with Crippen LogP contribution in [0.1, 0.15) is 24.0 Å². The SMILES string of the molecule is Cc1ccc(S(=O)(=O)N2CCCC2C(=O)N2CCN(c3nc4ccc(C)cc4s3)CC2)cc1. The van der Waals surface area contributed by atoms with Crippen molar-refractivity contribution in [1.29, 1.82) is 0 Å². The number of carbonyl (C=O) groups excluding carboxylic acids is 1. The maximum Gasteiger partial charge on any atom is 0.243 e. The second-order valence-corrected chi connectivity index (χ2v) is 11.8. The van der Waals surface area contributed by atoms with Crippen molar-refractivity contribution in [3.63, 3.8) is 0 Å². The number of benzene rings is 2. The summed E-state index contributed by atoms with van der Waals surface area (Å²) in [4.78, 5) is 22.4. The standard InChI is InChI=1S/C24H28N4O3S2/c1-17-5-8-19(9-6-17)33(30,31)28-11-3-4-21(28)23(29)26-12-14-27(15-13-26)24-25-20-10-7-18(2)16-22(20)32-24/h5-10,16,21H,3-4,11-15H2,1-2H3. The van der Waals surface area contributed by atoms with Gasteiger partial charge in [-0.05, 0) is 56.5 Å². The largest absolute Gasteiger partial charge is 0.345 e. The summed E-state index contributed by atoms with van der Waals surface area (Å²) in [6.45, 7) is 6.93. The van der Waals surface area contributed by atoms with Crippen molar-refractivity contribution < 1.29 is 13.2 Å². The van der Waals surface area contributed by atoms with Crippen LogP contribution in [0, 0.1) is 13.8 Å². The first-order chi connectivity index (χ1) is 15.8. The zero-order valence-corrected chi connectivity index (χ0v) is 20.5. The quantitative estimate of drug-likeness (QED) is 0.567. The van der Waals surface area contributed by atoms with Crippen molar-refractivity contribution >= 4 is 42.6 Å². The Morgan fingerprint density at radius 2 is 1.67 bits per heavy atom. The summed E-state index contributed by atoms with van der Waals surface area (Å²) in [5.41, 5.74) is 3.22. The molecule has 7 nitrogen and oxygen atoms in total. The number of hydrogen-bond acceptors (Lipinski definition) is 6. The van der Waals surface area contributed by atoms with E-state index in [0.717, 1.165) is 16.2 Å². The number of fused-ring (bicyclic) bond motifs is 1. The van der Waals surface area contributed by atoms with Crippen LogP contribution in [0.15, 0.2) is 47.4 Å². The smallest absolute Gasteiger partial charge is 0.243 e. The fourth-order valence-electron chi connectivity index (χ4n) is 4.60. The van der Waals surface area contributed by atoms with Crippen LogP contribution in [-0.4, -0.2) is 67.3 Å². The normalized spacial score (nSPS) is 20.0. The lowest BCUT2D eigenvalue weighted by atomic mass is 10.2. The van der Waals surface area contributed by atoms with E-state index in [1.165, 1.54) is 14.6 Å². The molecule has 1 amide bonds. The topological polar surface area (TPSA) is 73.8 Å². The zero-order chi connectivity index (χ0) is 23.2. The maximum atomic E-state index is 13.4. The van der Waals surface area contributed by atoms with Gasteiger partial charge in [-0.3, -0.25) is 4.79 Å². The number of sulfonamides is 1. The molecule has 33 heavy (non-hydrogen) atoms. The number of aryl methyl sites for hydroxylation is 2. The Morgan fingerprint density at radius 1 is 0.970 bits per heavy atom. The predicted octanol–water partition coefficient (Wildman–Crippen LogP) is 3.42. The molecule has 0 N–H and O–H groups in total. The van der Waals surface area contributed by atoms with Crippen LogP contribution in [0.5, 0.6) is 0 Å². The molecule has 1 aromatic heterocycles. The molecule has 2 fully saturated rings. The van der Waals surface area contributed by atoms with Gasteiger partial charge in [0, 0.05) is 32.7 Å². The van der Waals surface area contributed by atoms with Crippen molar-refractivity contribution in [2.24, 2.45) is 0 Å². The van der Waals surface area contributed by atoms with Gasteiger partial charge in [0.15, 0.2) is 5.13 Å². The molecule has 0 bridgehead atoms. The number of aromatic nitrogens is 1. The van der Waals surface area contributed by atoms with E-state index in [1.807, 2.05) is 17.9 Å². The van der Waals surface area contributed by atoms with E-state index >= 15 is 0 Å².